The minimum atomic E-state index is -2.57. The first kappa shape index (κ1) is 18.3. The molecule has 0 fully saturated rings. The zero-order chi connectivity index (χ0) is 15.3. The van der Waals surface area contributed by atoms with Gasteiger partial charge in [0, 0.05) is 0 Å². The molecule has 0 heterocycles. The fourth-order valence-corrected chi connectivity index (χ4v) is 18.8. The topological polar surface area (TPSA) is 27.7 Å². The van der Waals surface area contributed by atoms with Crippen LogP contribution in [0.15, 0.2) is 24.3 Å². The third-order valence-corrected chi connectivity index (χ3v) is 22.7. The van der Waals surface area contributed by atoms with Crippen molar-refractivity contribution in [3.05, 3.63) is 24.3 Å². The van der Waals surface area contributed by atoms with Gasteiger partial charge >= 0.3 is 129 Å². The fourth-order valence-electron chi connectivity index (χ4n) is 2.82. The maximum atomic E-state index is 5.71. The van der Waals surface area contributed by atoms with E-state index in [-0.39, 0.29) is 3.80 Å². The van der Waals surface area contributed by atoms with Crippen LogP contribution in [0.2, 0.25) is 24.3 Å². The molecule has 0 N–H and O–H groups in total. The fraction of sp³-hybridized carbons (Fsp3) is 0.733. The third-order valence-electron chi connectivity index (χ3n) is 4.16. The third kappa shape index (κ3) is 3.05. The van der Waals surface area contributed by atoms with Crippen molar-refractivity contribution in [2.24, 2.45) is 0 Å². The van der Waals surface area contributed by atoms with Gasteiger partial charge in [-0.15, -0.1) is 0 Å². The number of rotatable bonds is 9. The first-order chi connectivity index (χ1) is 9.53. The van der Waals surface area contributed by atoms with Crippen molar-refractivity contribution in [1.29, 1.82) is 0 Å². The van der Waals surface area contributed by atoms with Crippen LogP contribution in [0.4, 0.5) is 0 Å². The Kier molecular flexibility index (Phi) is 6.87. The second kappa shape index (κ2) is 7.50. The Balaban J connectivity index is 3.23. The van der Waals surface area contributed by atoms with E-state index in [1.165, 1.54) is 14.4 Å². The van der Waals surface area contributed by atoms with Crippen molar-refractivity contribution in [2.75, 3.05) is 21.3 Å². The zero-order valence-electron chi connectivity index (χ0n) is 13.7. The molecule has 0 bridgehead atoms. The summed E-state index contributed by atoms with van der Waals surface area (Å²) in [5.41, 5.74) is 0. The van der Waals surface area contributed by atoms with E-state index in [1.807, 2.05) is 0 Å². The van der Waals surface area contributed by atoms with Crippen molar-refractivity contribution >= 4 is 8.80 Å². The Morgan fingerprint density at radius 1 is 0.850 bits per heavy atom. The van der Waals surface area contributed by atoms with Gasteiger partial charge < -0.3 is 0 Å². The summed E-state index contributed by atoms with van der Waals surface area (Å²) in [6, 6.07) is 0.878. The summed E-state index contributed by atoms with van der Waals surface area (Å²) in [5.74, 6) is 0. The predicted molar refractivity (Wildman–Crippen MR) is 84.0 cm³/mol. The van der Waals surface area contributed by atoms with Gasteiger partial charge in [0.1, 0.15) is 0 Å². The van der Waals surface area contributed by atoms with Crippen molar-refractivity contribution in [1.82, 2.24) is 0 Å². The van der Waals surface area contributed by atoms with Crippen LogP contribution in [0.3, 0.4) is 0 Å². The Labute approximate surface area is 129 Å². The van der Waals surface area contributed by atoms with Gasteiger partial charge in [0.2, 0.25) is 0 Å². The number of hydrogen-bond acceptors (Lipinski definition) is 3. The van der Waals surface area contributed by atoms with E-state index in [9.17, 15) is 0 Å². The first-order valence-corrected chi connectivity index (χ1v) is 15.0. The molecule has 0 amide bonds. The molecule has 3 nitrogen and oxygen atoms in total. The van der Waals surface area contributed by atoms with Crippen LogP contribution in [0.5, 0.6) is 0 Å². The summed E-state index contributed by atoms with van der Waals surface area (Å²) in [4.78, 5) is 3.95. The molecule has 0 aromatic rings. The van der Waals surface area contributed by atoms with Gasteiger partial charge in [0.05, 0.1) is 0 Å². The molecule has 1 aliphatic rings. The van der Waals surface area contributed by atoms with Crippen molar-refractivity contribution < 1.29 is 29.3 Å². The molecule has 1 aliphatic carbocycles. The molecule has 5 heteroatoms. The number of allylic oxidation sites excluding steroid dienone is 4. The van der Waals surface area contributed by atoms with Gasteiger partial charge in [0.15, 0.2) is 0 Å². The second-order valence-electron chi connectivity index (χ2n) is 4.54. The Morgan fingerprint density at radius 2 is 1.25 bits per heavy atom. The van der Waals surface area contributed by atoms with Crippen LogP contribution >= 0.6 is 0 Å². The van der Waals surface area contributed by atoms with Crippen molar-refractivity contribution in [3.63, 3.8) is 0 Å². The first-order valence-electron chi connectivity index (χ1n) is 7.07. The molecule has 0 saturated heterocycles. The molecule has 20 heavy (non-hydrogen) atoms. The van der Waals surface area contributed by atoms with Gasteiger partial charge in [-0.1, -0.05) is 0 Å². The summed E-state index contributed by atoms with van der Waals surface area (Å²) in [6.45, 7) is 7.09. The number of hydrogen-bond donors (Lipinski definition) is 0. The van der Waals surface area contributed by atoms with E-state index in [2.05, 4.69) is 45.1 Å². The van der Waals surface area contributed by atoms with E-state index < -0.39 is 24.9 Å². The maximum absolute atomic E-state index is 5.71. The summed E-state index contributed by atoms with van der Waals surface area (Å²) < 4.78 is 17.3. The van der Waals surface area contributed by atoms with E-state index in [1.54, 1.807) is 21.3 Å². The van der Waals surface area contributed by atoms with Crippen molar-refractivity contribution in [2.45, 2.75) is 45.1 Å². The molecule has 0 aromatic carbocycles. The predicted octanol–water partition coefficient (Wildman–Crippen LogP) is 4.62. The van der Waals surface area contributed by atoms with Gasteiger partial charge in [-0.3, -0.25) is 0 Å². The van der Waals surface area contributed by atoms with Crippen LogP contribution in [-0.4, -0.2) is 30.1 Å². The average Bonchev–Trinajstić information content (AvgIpc) is 2.97. The van der Waals surface area contributed by atoms with Crippen LogP contribution in [0.1, 0.15) is 20.8 Å². The van der Waals surface area contributed by atoms with E-state index in [0.29, 0.717) is 0 Å². The van der Waals surface area contributed by atoms with Gasteiger partial charge in [-0.2, -0.15) is 0 Å². The molecule has 0 aliphatic heterocycles. The van der Waals surface area contributed by atoms with Crippen LogP contribution in [-0.2, 0) is 29.3 Å². The molecule has 0 atom stereocenters. The summed E-state index contributed by atoms with van der Waals surface area (Å²) in [7, 11) is 2.58. The molecule has 122 valence electrons. The Morgan fingerprint density at radius 3 is 1.55 bits per heavy atom. The van der Waals surface area contributed by atoms with Crippen LogP contribution < -0.4 is 0 Å². The van der Waals surface area contributed by atoms with Crippen molar-refractivity contribution in [3.8, 4) is 0 Å². The SMILES string of the molecule is C[CH2][Pt]([CH2]C)([CH2]C)[C]1(C[Si](OC)(OC)OC)C=CC=C1. The molecule has 0 saturated carbocycles. The molecule has 1 rings (SSSR count). The standard InChI is InChI=1S/C9H15O3Si.3C2H5.Pt/c1-10-13(11-2,12-3)8-9-6-4-5-7-9;3*1-2;/h4-7H,8H2,1-3H3;3*1H2,2H3;. The van der Waals surface area contributed by atoms with Gasteiger partial charge in [-0.05, 0) is 0 Å². The molecule has 0 spiro atoms. The van der Waals surface area contributed by atoms with Gasteiger partial charge in [0.25, 0.3) is 0 Å². The molecule has 0 radical (unpaired) electrons. The van der Waals surface area contributed by atoms with E-state index in [0.717, 1.165) is 6.04 Å². The van der Waals surface area contributed by atoms with Crippen LogP contribution in [0.25, 0.3) is 0 Å². The normalized spacial score (nSPS) is 18.7. The monoisotopic (exact) mass is 481 g/mol. The Bertz CT molecular complexity index is 332. The molecular weight excluding hydrogens is 451 g/mol. The summed E-state index contributed by atoms with van der Waals surface area (Å²) in [5, 5.41) is 0. The van der Waals surface area contributed by atoms with E-state index in [4.69, 9.17) is 13.3 Å². The van der Waals surface area contributed by atoms with Crippen LogP contribution in [0, 0.1) is 0 Å². The average molecular weight is 482 g/mol. The zero-order valence-corrected chi connectivity index (χ0v) is 17.0. The minimum absolute atomic E-state index is 0.152. The summed E-state index contributed by atoms with van der Waals surface area (Å²) in [6.07, 6.45) is 9.19. The Hall–Kier alpha value is 0.265. The second-order valence-corrected chi connectivity index (χ2v) is 20.2. The molecule has 0 unspecified atom stereocenters. The van der Waals surface area contributed by atoms with E-state index >= 15 is 0 Å². The quantitative estimate of drug-likeness (QED) is 0.450. The molecule has 0 aromatic heterocycles. The van der Waals surface area contributed by atoms with Gasteiger partial charge in [-0.25, -0.2) is 0 Å². The summed E-state index contributed by atoms with van der Waals surface area (Å²) >= 11 is -1.98. The molecular formula is C15H30O3PtSi.